The summed E-state index contributed by atoms with van der Waals surface area (Å²) in [5.41, 5.74) is -0.297. The zero-order chi connectivity index (χ0) is 17.2. The van der Waals surface area contributed by atoms with Crippen LogP contribution in [0.25, 0.3) is 0 Å². The van der Waals surface area contributed by atoms with Crippen LogP contribution in [0.15, 0.2) is 46.1 Å². The van der Waals surface area contributed by atoms with E-state index in [4.69, 9.17) is 16.3 Å². The van der Waals surface area contributed by atoms with Gasteiger partial charge in [0.1, 0.15) is 0 Å². The van der Waals surface area contributed by atoms with Crippen molar-refractivity contribution in [2.75, 3.05) is 6.61 Å². The molecule has 3 rings (SSSR count). The average molecular weight is 369 g/mol. The zero-order valence-corrected chi connectivity index (χ0v) is 14.4. The highest BCUT2D eigenvalue weighted by Gasteiger charge is 2.36. The van der Waals surface area contributed by atoms with Crippen molar-refractivity contribution in [3.05, 3.63) is 51.8 Å². The van der Waals surface area contributed by atoms with Gasteiger partial charge in [-0.2, -0.15) is 0 Å². The second kappa shape index (κ2) is 6.94. The lowest BCUT2D eigenvalue weighted by atomic mass is 10.1. The van der Waals surface area contributed by atoms with Gasteiger partial charge in [-0.15, -0.1) is 5.10 Å². The molecule has 0 aliphatic heterocycles. The Morgan fingerprint density at radius 3 is 2.71 bits per heavy atom. The molecule has 0 bridgehead atoms. The first kappa shape index (κ1) is 17.0. The Labute approximate surface area is 144 Å². The van der Waals surface area contributed by atoms with Gasteiger partial charge in [0.25, 0.3) is 5.56 Å². The molecule has 1 aromatic heterocycles. The number of rotatable bonds is 5. The zero-order valence-electron chi connectivity index (χ0n) is 12.8. The first-order valence-corrected chi connectivity index (χ1v) is 9.56. The van der Waals surface area contributed by atoms with E-state index in [2.05, 4.69) is 10.2 Å². The van der Waals surface area contributed by atoms with Crippen molar-refractivity contribution in [3.8, 4) is 5.88 Å². The summed E-state index contributed by atoms with van der Waals surface area (Å²) < 4.78 is 31.0. The lowest BCUT2D eigenvalue weighted by Crippen LogP contribution is -2.20. The van der Waals surface area contributed by atoms with Gasteiger partial charge in [-0.1, -0.05) is 23.7 Å². The summed E-state index contributed by atoms with van der Waals surface area (Å²) in [4.78, 5) is 11.1. The maximum Gasteiger partial charge on any atom is 0.264 e. The average Bonchev–Trinajstić information content (AvgIpc) is 3.04. The number of sulfone groups is 1. The van der Waals surface area contributed by atoms with Crippen molar-refractivity contribution >= 4 is 21.4 Å². The Morgan fingerprint density at radius 2 is 2.00 bits per heavy atom. The topological polar surface area (TPSA) is 89.1 Å². The van der Waals surface area contributed by atoms with Gasteiger partial charge in [-0.25, -0.2) is 13.5 Å². The number of nitrogens with zero attached hydrogens (tertiary/aromatic N) is 1. The van der Waals surface area contributed by atoms with E-state index in [1.54, 1.807) is 24.3 Å². The molecule has 24 heavy (non-hydrogen) atoms. The van der Waals surface area contributed by atoms with Crippen molar-refractivity contribution in [2.24, 2.45) is 5.92 Å². The van der Waals surface area contributed by atoms with E-state index < -0.39 is 15.1 Å². The number of halogens is 1. The molecule has 2 aromatic rings. The molecule has 1 heterocycles. The fourth-order valence-electron chi connectivity index (χ4n) is 2.93. The van der Waals surface area contributed by atoms with Crippen LogP contribution < -0.4 is 10.3 Å². The molecule has 0 saturated heterocycles. The van der Waals surface area contributed by atoms with Crippen LogP contribution >= 0.6 is 11.6 Å². The molecule has 1 aliphatic carbocycles. The molecule has 1 saturated carbocycles. The summed E-state index contributed by atoms with van der Waals surface area (Å²) >= 11 is 6.04. The van der Waals surface area contributed by atoms with Crippen LogP contribution in [0.1, 0.15) is 19.3 Å². The summed E-state index contributed by atoms with van der Waals surface area (Å²) in [7, 11) is -3.44. The number of hydrogen-bond acceptors (Lipinski definition) is 5. The van der Waals surface area contributed by atoms with Gasteiger partial charge in [0, 0.05) is 12.1 Å². The largest absolute Gasteiger partial charge is 0.476 e. The molecule has 1 aliphatic rings. The van der Waals surface area contributed by atoms with Gasteiger partial charge in [-0.3, -0.25) is 4.79 Å². The second-order valence-corrected chi connectivity index (χ2v) is 8.45. The summed E-state index contributed by atoms with van der Waals surface area (Å²) in [6.07, 6.45) is 1.87. The van der Waals surface area contributed by atoms with Gasteiger partial charge in [0.2, 0.25) is 5.88 Å². The predicted molar refractivity (Wildman–Crippen MR) is 90.1 cm³/mol. The molecular weight excluding hydrogens is 352 g/mol. The maximum absolute atomic E-state index is 12.7. The molecule has 0 amide bonds. The fraction of sp³-hybridized carbons (Fsp3) is 0.375. The number of aromatic amines is 1. The van der Waals surface area contributed by atoms with Crippen LogP contribution in [-0.2, 0) is 9.84 Å². The fourth-order valence-corrected chi connectivity index (χ4v) is 5.33. The van der Waals surface area contributed by atoms with Gasteiger partial charge in [-0.05, 0) is 37.3 Å². The standard InChI is InChI=1S/C16H17ClN2O4S/c17-13-3-1-2-4-14(13)24(21,22)12-6-5-11(9-12)10-23-16-8-7-15(20)18-19-16/h1-4,7-8,11-12H,5-6,9-10H2,(H,18,20)/t11-,12+/m1/s1. The Kier molecular flexibility index (Phi) is 4.91. The monoisotopic (exact) mass is 368 g/mol. The van der Waals surface area contributed by atoms with E-state index in [-0.39, 0.29) is 21.4 Å². The van der Waals surface area contributed by atoms with E-state index >= 15 is 0 Å². The summed E-state index contributed by atoms with van der Waals surface area (Å²) in [5.74, 6) is 0.452. The van der Waals surface area contributed by atoms with Crippen LogP contribution in [0, 0.1) is 5.92 Å². The third-order valence-electron chi connectivity index (χ3n) is 4.20. The lowest BCUT2D eigenvalue weighted by molar-refractivity contribution is 0.241. The first-order chi connectivity index (χ1) is 11.5. The Hall–Kier alpha value is -1.86. The van der Waals surface area contributed by atoms with E-state index in [9.17, 15) is 13.2 Å². The minimum atomic E-state index is -3.44. The van der Waals surface area contributed by atoms with E-state index in [0.29, 0.717) is 25.3 Å². The normalized spacial score (nSPS) is 20.9. The van der Waals surface area contributed by atoms with E-state index in [0.717, 1.165) is 6.42 Å². The molecule has 1 N–H and O–H groups in total. The van der Waals surface area contributed by atoms with Crippen LogP contribution in [0.5, 0.6) is 5.88 Å². The van der Waals surface area contributed by atoms with Crippen molar-refractivity contribution < 1.29 is 13.2 Å². The SMILES string of the molecule is O=c1ccc(OC[C@@H]2CC[C@H](S(=O)(=O)c3ccccc3Cl)C2)n[nH]1. The number of ether oxygens (including phenoxy) is 1. The van der Waals surface area contributed by atoms with Crippen LogP contribution in [-0.4, -0.2) is 30.5 Å². The number of benzene rings is 1. The first-order valence-electron chi connectivity index (χ1n) is 7.64. The highest BCUT2D eigenvalue weighted by atomic mass is 35.5. The molecule has 0 unspecified atom stereocenters. The van der Waals surface area contributed by atoms with Crippen LogP contribution in [0.2, 0.25) is 5.02 Å². The summed E-state index contributed by atoms with van der Waals surface area (Å²) in [6.45, 7) is 0.369. The van der Waals surface area contributed by atoms with Crippen molar-refractivity contribution in [1.82, 2.24) is 10.2 Å². The molecular formula is C16H17ClN2O4S. The lowest BCUT2D eigenvalue weighted by Gasteiger charge is -2.14. The molecule has 2 atom stereocenters. The summed E-state index contributed by atoms with van der Waals surface area (Å²) in [5, 5.41) is 5.88. The van der Waals surface area contributed by atoms with Crippen molar-refractivity contribution in [1.29, 1.82) is 0 Å². The Balaban J connectivity index is 1.63. The molecule has 6 nitrogen and oxygen atoms in total. The number of H-pyrrole nitrogens is 1. The third-order valence-corrected chi connectivity index (χ3v) is 6.91. The molecule has 0 spiro atoms. The van der Waals surface area contributed by atoms with Gasteiger partial charge in [0.05, 0.1) is 21.8 Å². The Bertz CT molecular complexity index is 861. The van der Waals surface area contributed by atoms with Crippen LogP contribution in [0.4, 0.5) is 0 Å². The van der Waals surface area contributed by atoms with E-state index in [1.165, 1.54) is 12.1 Å². The smallest absolute Gasteiger partial charge is 0.264 e. The number of hydrogen-bond donors (Lipinski definition) is 1. The predicted octanol–water partition coefficient (Wildman–Crippen LogP) is 2.44. The highest BCUT2D eigenvalue weighted by Crippen LogP contribution is 2.36. The molecule has 1 fully saturated rings. The third kappa shape index (κ3) is 3.62. The van der Waals surface area contributed by atoms with Crippen LogP contribution in [0.3, 0.4) is 0 Å². The minimum Gasteiger partial charge on any atom is -0.476 e. The number of aromatic nitrogens is 2. The number of nitrogens with one attached hydrogen (secondary N) is 1. The van der Waals surface area contributed by atoms with E-state index in [1.807, 2.05) is 0 Å². The van der Waals surface area contributed by atoms with Crippen molar-refractivity contribution in [2.45, 2.75) is 29.4 Å². The molecule has 0 radical (unpaired) electrons. The summed E-state index contributed by atoms with van der Waals surface area (Å²) in [6, 6.07) is 9.35. The second-order valence-electron chi connectivity index (χ2n) is 5.85. The maximum atomic E-state index is 12.7. The van der Waals surface area contributed by atoms with Gasteiger partial charge in [0.15, 0.2) is 9.84 Å². The molecule has 128 valence electrons. The van der Waals surface area contributed by atoms with Crippen molar-refractivity contribution in [3.63, 3.8) is 0 Å². The minimum absolute atomic E-state index is 0.126. The highest BCUT2D eigenvalue weighted by molar-refractivity contribution is 7.92. The van der Waals surface area contributed by atoms with Gasteiger partial charge < -0.3 is 4.74 Å². The quantitative estimate of drug-likeness (QED) is 0.875. The van der Waals surface area contributed by atoms with Gasteiger partial charge >= 0.3 is 0 Å². The Morgan fingerprint density at radius 1 is 1.21 bits per heavy atom. The molecule has 8 heteroatoms. The molecule has 1 aromatic carbocycles.